The molecule has 0 radical (unpaired) electrons. The fraction of sp³-hybridized carbons (Fsp3) is 0.465. The Balaban J connectivity index is 1.74. The van der Waals surface area contributed by atoms with Gasteiger partial charge in [0.1, 0.15) is 29.5 Å². The van der Waals surface area contributed by atoms with Crippen LogP contribution in [0.2, 0.25) is 0 Å². The maximum absolute atomic E-state index is 15.2. The summed E-state index contributed by atoms with van der Waals surface area (Å²) >= 11 is 0. The molecule has 1 aliphatic heterocycles. The van der Waals surface area contributed by atoms with E-state index in [1.54, 1.807) is 56.7 Å². The van der Waals surface area contributed by atoms with Gasteiger partial charge in [0.05, 0.1) is 13.2 Å². The summed E-state index contributed by atoms with van der Waals surface area (Å²) in [5.74, 6) is -0.604. The van der Waals surface area contributed by atoms with Crippen molar-refractivity contribution in [2.24, 2.45) is 5.41 Å². The molecule has 1 heterocycles. The first kappa shape index (κ1) is 41.6. The highest BCUT2D eigenvalue weighted by Gasteiger charge is 2.44. The molecule has 54 heavy (non-hydrogen) atoms. The third-order valence-electron chi connectivity index (χ3n) is 9.90. The van der Waals surface area contributed by atoms with Crippen LogP contribution in [-0.4, -0.2) is 82.2 Å². The number of benzene rings is 3. The van der Waals surface area contributed by atoms with Crippen molar-refractivity contribution in [2.75, 3.05) is 14.2 Å². The van der Waals surface area contributed by atoms with E-state index < -0.39 is 53.1 Å². The molecule has 0 aromatic heterocycles. The molecule has 3 aromatic rings. The molecule has 4 atom stereocenters. The molecule has 3 aromatic carbocycles. The lowest BCUT2D eigenvalue weighted by Gasteiger charge is -2.43. The van der Waals surface area contributed by atoms with Crippen molar-refractivity contribution >= 4 is 29.6 Å². The van der Waals surface area contributed by atoms with Crippen LogP contribution in [0.1, 0.15) is 101 Å². The predicted molar refractivity (Wildman–Crippen MR) is 208 cm³/mol. The van der Waals surface area contributed by atoms with Crippen LogP contribution in [0.15, 0.2) is 72.8 Å². The van der Waals surface area contributed by atoms with Gasteiger partial charge >= 0.3 is 6.09 Å². The fourth-order valence-electron chi connectivity index (χ4n) is 6.44. The number of nitrogens with zero attached hydrogens (tertiary/aromatic N) is 3. The molecule has 4 amide bonds. The van der Waals surface area contributed by atoms with Crippen molar-refractivity contribution in [1.29, 1.82) is 0 Å². The Labute approximate surface area is 320 Å². The number of likely N-dealkylation sites (N-methyl/N-ethyl adjacent to an activating group) is 1. The van der Waals surface area contributed by atoms with E-state index in [-0.39, 0.29) is 31.2 Å². The molecule has 4 rings (SSSR count). The zero-order valence-corrected chi connectivity index (χ0v) is 33.6. The van der Waals surface area contributed by atoms with Crippen LogP contribution in [-0.2, 0) is 38.6 Å². The third kappa shape index (κ3) is 10.1. The molecular formula is C43H56N4O7. The van der Waals surface area contributed by atoms with E-state index in [0.29, 0.717) is 11.3 Å². The number of rotatable bonds is 11. The van der Waals surface area contributed by atoms with Crippen molar-refractivity contribution in [3.05, 3.63) is 101 Å². The van der Waals surface area contributed by atoms with Gasteiger partial charge in [-0.3, -0.25) is 24.1 Å². The zero-order valence-electron chi connectivity index (χ0n) is 33.6. The summed E-state index contributed by atoms with van der Waals surface area (Å²) in [5, 5.41) is 2.93. The van der Waals surface area contributed by atoms with E-state index in [4.69, 9.17) is 9.47 Å². The van der Waals surface area contributed by atoms with Crippen molar-refractivity contribution in [3.8, 4) is 5.75 Å². The van der Waals surface area contributed by atoms with Crippen molar-refractivity contribution in [3.63, 3.8) is 0 Å². The summed E-state index contributed by atoms with van der Waals surface area (Å²) in [6, 6.07) is 19.2. The Hall–Kier alpha value is -5.19. The number of amides is 4. The summed E-state index contributed by atoms with van der Waals surface area (Å²) in [7, 11) is 3.07. The Morgan fingerprint density at radius 1 is 0.889 bits per heavy atom. The first-order valence-corrected chi connectivity index (χ1v) is 18.4. The number of hydrogen-bond acceptors (Lipinski definition) is 7. The zero-order chi connectivity index (χ0) is 40.1. The van der Waals surface area contributed by atoms with E-state index in [2.05, 4.69) is 5.32 Å². The largest absolute Gasteiger partial charge is 0.497 e. The van der Waals surface area contributed by atoms with Gasteiger partial charge in [0, 0.05) is 32.1 Å². The van der Waals surface area contributed by atoms with Gasteiger partial charge in [-0.15, -0.1) is 0 Å². The minimum Gasteiger partial charge on any atom is -0.497 e. The van der Waals surface area contributed by atoms with Crippen molar-refractivity contribution in [1.82, 2.24) is 20.0 Å². The van der Waals surface area contributed by atoms with Crippen LogP contribution in [0.5, 0.6) is 5.75 Å². The predicted octanol–water partition coefficient (Wildman–Crippen LogP) is 6.73. The Kier molecular flexibility index (Phi) is 13.0. The molecule has 0 unspecified atom stereocenters. The van der Waals surface area contributed by atoms with Gasteiger partial charge in [0.15, 0.2) is 5.78 Å². The molecule has 0 spiro atoms. The van der Waals surface area contributed by atoms with Crippen molar-refractivity contribution < 1.29 is 33.4 Å². The van der Waals surface area contributed by atoms with Crippen LogP contribution in [0, 0.1) is 5.41 Å². The maximum atomic E-state index is 15.2. The topological polar surface area (TPSA) is 126 Å². The van der Waals surface area contributed by atoms with Gasteiger partial charge in [0.2, 0.25) is 17.7 Å². The van der Waals surface area contributed by atoms with Gasteiger partial charge in [-0.25, -0.2) is 4.79 Å². The van der Waals surface area contributed by atoms with Crippen LogP contribution in [0.3, 0.4) is 0 Å². The maximum Gasteiger partial charge on any atom is 0.410 e. The third-order valence-corrected chi connectivity index (χ3v) is 9.90. The minimum absolute atomic E-state index is 0.0550. The van der Waals surface area contributed by atoms with Crippen LogP contribution >= 0.6 is 0 Å². The van der Waals surface area contributed by atoms with E-state index in [1.807, 2.05) is 88.4 Å². The number of nitrogens with one attached hydrogen (secondary N) is 1. The van der Waals surface area contributed by atoms with Gasteiger partial charge in [-0.2, -0.15) is 0 Å². The smallest absolute Gasteiger partial charge is 0.410 e. The molecule has 0 bridgehead atoms. The van der Waals surface area contributed by atoms with Gasteiger partial charge in [-0.1, -0.05) is 81.4 Å². The number of methoxy groups -OCH3 is 1. The molecule has 290 valence electrons. The number of hydrogen-bond donors (Lipinski definition) is 1. The molecule has 11 heteroatoms. The number of carbonyl (C=O) groups excluding carboxylic acids is 5. The molecule has 0 saturated carbocycles. The second-order valence-electron chi connectivity index (χ2n) is 16.2. The highest BCUT2D eigenvalue weighted by molar-refractivity contribution is 5.95. The fourth-order valence-corrected chi connectivity index (χ4v) is 6.44. The molecular weight excluding hydrogens is 684 g/mol. The first-order valence-electron chi connectivity index (χ1n) is 18.4. The number of fused-ring (bicyclic) bond motifs is 1. The van der Waals surface area contributed by atoms with E-state index >= 15 is 4.79 Å². The summed E-state index contributed by atoms with van der Waals surface area (Å²) < 4.78 is 11.0. The molecule has 0 fully saturated rings. The molecule has 0 saturated heterocycles. The van der Waals surface area contributed by atoms with E-state index in [1.165, 1.54) is 18.9 Å². The lowest BCUT2D eigenvalue weighted by molar-refractivity contribution is -0.152. The second kappa shape index (κ2) is 16.9. The van der Waals surface area contributed by atoms with E-state index in [0.717, 1.165) is 22.3 Å². The monoisotopic (exact) mass is 740 g/mol. The molecule has 1 aliphatic rings. The van der Waals surface area contributed by atoms with Crippen molar-refractivity contribution in [2.45, 2.75) is 112 Å². The lowest BCUT2D eigenvalue weighted by Crippen LogP contribution is -2.62. The highest BCUT2D eigenvalue weighted by Crippen LogP contribution is 2.33. The van der Waals surface area contributed by atoms with Gasteiger partial charge in [0.25, 0.3) is 0 Å². The number of carbonyl (C=O) groups is 5. The average molecular weight is 741 g/mol. The Morgan fingerprint density at radius 2 is 1.52 bits per heavy atom. The second-order valence-corrected chi connectivity index (χ2v) is 16.2. The Bertz CT molecular complexity index is 1840. The average Bonchev–Trinajstić information content (AvgIpc) is 3.12. The number of ether oxygens (including phenoxy) is 2. The van der Waals surface area contributed by atoms with E-state index in [9.17, 15) is 19.2 Å². The molecule has 11 nitrogen and oxygen atoms in total. The van der Waals surface area contributed by atoms with Crippen LogP contribution < -0.4 is 10.1 Å². The van der Waals surface area contributed by atoms with Gasteiger partial charge in [-0.05, 0) is 81.3 Å². The SMILES string of the molecule is COc1cccc([C@@H](C)N(Cc2ccc(C(C)=O)cc2)C(=O)[C@@H]2Cc3ccccc3CN2C(=O)[C@@H](NC(=O)[C@H](C)N(C)C(=O)OC(C)(C)C)C(C)(C)C)c1. The number of ketones is 1. The lowest BCUT2D eigenvalue weighted by atomic mass is 9.84. The van der Waals surface area contributed by atoms with Crippen LogP contribution in [0.4, 0.5) is 4.79 Å². The number of Topliss-reactive ketones (excluding diaryl/α,β-unsaturated/α-hetero) is 1. The normalized spacial score (nSPS) is 15.9. The quantitative estimate of drug-likeness (QED) is 0.216. The summed E-state index contributed by atoms with van der Waals surface area (Å²) in [4.78, 5) is 73.2. The summed E-state index contributed by atoms with van der Waals surface area (Å²) in [6.45, 7) is 16.2. The first-order chi connectivity index (χ1) is 25.2. The highest BCUT2D eigenvalue weighted by atomic mass is 16.6. The minimum atomic E-state index is -1.04. The Morgan fingerprint density at radius 3 is 2.09 bits per heavy atom. The van der Waals surface area contributed by atoms with Gasteiger partial charge < -0.3 is 24.6 Å². The molecule has 1 N–H and O–H groups in total. The standard InChI is InChI=1S/C43H56N4O7/c1-27(32-17-14-18-35(23-32)53-11)46(25-30-19-21-31(22-20-30)29(3)48)39(50)36-24-33-15-12-13-16-34(33)26-47(36)40(51)37(42(4,5)6)44-38(49)28(2)45(10)41(52)54-43(7,8)9/h12-23,27-28,36-37H,24-26H2,1-11H3,(H,44,49)/t27-,28+,36+,37-/m1/s1. The van der Waals surface area contributed by atoms with Crippen LogP contribution in [0.25, 0.3) is 0 Å². The summed E-state index contributed by atoms with van der Waals surface area (Å²) in [5.41, 5.74) is 2.59. The summed E-state index contributed by atoms with van der Waals surface area (Å²) in [6.07, 6.45) is -0.392. The molecule has 0 aliphatic carbocycles.